The number of hydrogen-bond donors (Lipinski definition) is 0. The monoisotopic (exact) mass is 324 g/mol. The number of halogens is 1. The number of hydrogen-bond acceptors (Lipinski definition) is 4. The normalized spacial score (nSPS) is 19.2. The molecule has 1 fully saturated rings. The SMILES string of the molecule is C[C@H]1CCN1c1nc2c(c(-c3ccc(C#N)c(Cl)c3)n1)CCC2. The fraction of sp³-hybridized carbons (Fsp3) is 0.389. The van der Waals surface area contributed by atoms with Crippen LogP contribution in [0.4, 0.5) is 5.95 Å². The first-order valence-corrected chi connectivity index (χ1v) is 8.41. The maximum atomic E-state index is 9.05. The molecule has 1 aliphatic carbocycles. The number of rotatable bonds is 2. The van der Waals surface area contributed by atoms with E-state index >= 15 is 0 Å². The van der Waals surface area contributed by atoms with Gasteiger partial charge in [-0.2, -0.15) is 5.26 Å². The van der Waals surface area contributed by atoms with Crippen molar-refractivity contribution in [3.05, 3.63) is 40.0 Å². The lowest BCUT2D eigenvalue weighted by Gasteiger charge is -2.39. The second-order valence-electron chi connectivity index (χ2n) is 6.29. The van der Waals surface area contributed by atoms with E-state index in [1.807, 2.05) is 12.1 Å². The Kier molecular flexibility index (Phi) is 3.46. The van der Waals surface area contributed by atoms with E-state index < -0.39 is 0 Å². The molecule has 23 heavy (non-hydrogen) atoms. The van der Waals surface area contributed by atoms with E-state index in [-0.39, 0.29) is 0 Å². The molecule has 0 amide bonds. The van der Waals surface area contributed by atoms with E-state index in [0.29, 0.717) is 16.6 Å². The van der Waals surface area contributed by atoms with Crippen molar-refractivity contribution >= 4 is 17.5 Å². The molecule has 1 aromatic heterocycles. The highest BCUT2D eigenvalue weighted by Gasteiger charge is 2.29. The zero-order chi connectivity index (χ0) is 16.0. The van der Waals surface area contributed by atoms with E-state index in [1.165, 1.54) is 17.7 Å². The zero-order valence-electron chi connectivity index (χ0n) is 13.0. The number of aromatic nitrogens is 2. The molecule has 0 bridgehead atoms. The largest absolute Gasteiger partial charge is 0.338 e. The number of benzene rings is 1. The average molecular weight is 325 g/mol. The van der Waals surface area contributed by atoms with Crippen molar-refractivity contribution in [2.75, 3.05) is 11.4 Å². The lowest BCUT2D eigenvalue weighted by molar-refractivity contribution is 0.470. The van der Waals surface area contributed by atoms with E-state index in [4.69, 9.17) is 26.8 Å². The minimum atomic E-state index is 0.481. The molecule has 0 spiro atoms. The van der Waals surface area contributed by atoms with Crippen LogP contribution in [0.25, 0.3) is 11.3 Å². The van der Waals surface area contributed by atoms with Crippen LogP contribution in [-0.2, 0) is 12.8 Å². The summed E-state index contributed by atoms with van der Waals surface area (Å²) in [7, 11) is 0. The van der Waals surface area contributed by atoms with Crippen molar-refractivity contribution in [2.45, 2.75) is 38.6 Å². The van der Waals surface area contributed by atoms with Gasteiger partial charge in [-0.25, -0.2) is 9.97 Å². The van der Waals surface area contributed by atoms with Gasteiger partial charge in [-0.3, -0.25) is 0 Å². The van der Waals surface area contributed by atoms with E-state index in [9.17, 15) is 0 Å². The van der Waals surface area contributed by atoms with Crippen molar-refractivity contribution in [2.24, 2.45) is 0 Å². The summed E-state index contributed by atoms with van der Waals surface area (Å²) in [5.41, 5.74) is 4.86. The van der Waals surface area contributed by atoms with Crippen LogP contribution in [0.2, 0.25) is 5.02 Å². The lowest BCUT2D eigenvalue weighted by atomic mass is 10.0. The Labute approximate surface area is 140 Å². The summed E-state index contributed by atoms with van der Waals surface area (Å²) in [5, 5.41) is 9.53. The number of aryl methyl sites for hydroxylation is 1. The molecule has 116 valence electrons. The molecule has 2 aliphatic rings. The highest BCUT2D eigenvalue weighted by atomic mass is 35.5. The lowest BCUT2D eigenvalue weighted by Crippen LogP contribution is -2.46. The Hall–Kier alpha value is -2.12. The van der Waals surface area contributed by atoms with Crippen LogP contribution in [0.5, 0.6) is 0 Å². The van der Waals surface area contributed by atoms with Crippen molar-refractivity contribution in [3.8, 4) is 17.3 Å². The van der Waals surface area contributed by atoms with Crippen LogP contribution in [-0.4, -0.2) is 22.6 Å². The maximum absolute atomic E-state index is 9.05. The predicted molar refractivity (Wildman–Crippen MR) is 90.6 cm³/mol. The van der Waals surface area contributed by atoms with Crippen LogP contribution in [0.15, 0.2) is 18.2 Å². The van der Waals surface area contributed by atoms with Crippen LogP contribution in [0.3, 0.4) is 0 Å². The van der Waals surface area contributed by atoms with Crippen molar-refractivity contribution in [1.82, 2.24) is 9.97 Å². The molecule has 5 heteroatoms. The van der Waals surface area contributed by atoms with Gasteiger partial charge in [0.15, 0.2) is 0 Å². The van der Waals surface area contributed by atoms with Gasteiger partial charge in [-0.05, 0) is 44.7 Å². The fourth-order valence-corrected chi connectivity index (χ4v) is 3.58. The van der Waals surface area contributed by atoms with Gasteiger partial charge in [0.25, 0.3) is 0 Å². The smallest absolute Gasteiger partial charge is 0.226 e. The van der Waals surface area contributed by atoms with Crippen LogP contribution in [0, 0.1) is 11.3 Å². The minimum absolute atomic E-state index is 0.481. The van der Waals surface area contributed by atoms with Gasteiger partial charge >= 0.3 is 0 Å². The Morgan fingerprint density at radius 3 is 2.83 bits per heavy atom. The van der Waals surface area contributed by atoms with E-state index in [2.05, 4.69) is 17.9 Å². The molecule has 4 nitrogen and oxygen atoms in total. The highest BCUT2D eigenvalue weighted by Crippen LogP contribution is 2.35. The first-order valence-electron chi connectivity index (χ1n) is 8.04. The van der Waals surface area contributed by atoms with Gasteiger partial charge < -0.3 is 4.90 Å². The number of fused-ring (bicyclic) bond motifs is 1. The zero-order valence-corrected chi connectivity index (χ0v) is 13.8. The molecule has 2 aromatic rings. The Bertz CT molecular complexity index is 825. The standard InChI is InChI=1S/C18H17ClN4/c1-11-7-8-23(11)18-21-16-4-2-3-14(16)17(22-18)12-5-6-13(10-20)15(19)9-12/h5-6,9,11H,2-4,7-8H2,1H3/t11-/m0/s1. The average Bonchev–Trinajstić information content (AvgIpc) is 3.01. The molecule has 1 saturated heterocycles. The Morgan fingerprint density at radius 1 is 1.30 bits per heavy atom. The van der Waals surface area contributed by atoms with E-state index in [0.717, 1.165) is 43.0 Å². The highest BCUT2D eigenvalue weighted by molar-refractivity contribution is 6.32. The minimum Gasteiger partial charge on any atom is -0.338 e. The van der Waals surface area contributed by atoms with Gasteiger partial charge in [0.05, 0.1) is 16.3 Å². The third-order valence-corrected chi connectivity index (χ3v) is 5.17. The van der Waals surface area contributed by atoms with Crippen LogP contribution < -0.4 is 4.90 Å². The molecule has 0 N–H and O–H groups in total. The number of nitrogens with zero attached hydrogens (tertiary/aromatic N) is 4. The quantitative estimate of drug-likeness (QED) is 0.844. The Balaban J connectivity index is 1.84. The molecule has 2 heterocycles. The van der Waals surface area contributed by atoms with Crippen LogP contribution >= 0.6 is 11.6 Å². The summed E-state index contributed by atoms with van der Waals surface area (Å²) >= 11 is 6.22. The van der Waals surface area contributed by atoms with Crippen molar-refractivity contribution in [3.63, 3.8) is 0 Å². The maximum Gasteiger partial charge on any atom is 0.226 e. The van der Waals surface area contributed by atoms with Gasteiger partial charge in [0, 0.05) is 29.4 Å². The predicted octanol–water partition coefficient (Wildman–Crippen LogP) is 3.76. The molecule has 1 atom stereocenters. The summed E-state index contributed by atoms with van der Waals surface area (Å²) in [5.74, 6) is 0.833. The van der Waals surface area contributed by atoms with Crippen molar-refractivity contribution < 1.29 is 0 Å². The number of nitriles is 1. The third kappa shape index (κ3) is 2.36. The summed E-state index contributed by atoms with van der Waals surface area (Å²) in [6.07, 6.45) is 4.35. The summed E-state index contributed by atoms with van der Waals surface area (Å²) < 4.78 is 0. The molecule has 4 rings (SSSR count). The van der Waals surface area contributed by atoms with E-state index in [1.54, 1.807) is 6.07 Å². The van der Waals surface area contributed by atoms with Gasteiger partial charge in [0.1, 0.15) is 6.07 Å². The fourth-order valence-electron chi connectivity index (χ4n) is 3.35. The molecular formula is C18H17ClN4. The molecule has 1 aromatic carbocycles. The molecule has 1 aliphatic heterocycles. The summed E-state index contributed by atoms with van der Waals surface area (Å²) in [6, 6.07) is 8.17. The molecular weight excluding hydrogens is 308 g/mol. The van der Waals surface area contributed by atoms with Gasteiger partial charge in [-0.15, -0.1) is 0 Å². The molecule has 0 saturated carbocycles. The van der Waals surface area contributed by atoms with Gasteiger partial charge in [-0.1, -0.05) is 17.7 Å². The molecule has 0 radical (unpaired) electrons. The topological polar surface area (TPSA) is 52.8 Å². The first kappa shape index (κ1) is 14.5. The van der Waals surface area contributed by atoms with Gasteiger partial charge in [0.2, 0.25) is 5.95 Å². The second-order valence-corrected chi connectivity index (χ2v) is 6.70. The second kappa shape index (κ2) is 5.50. The molecule has 0 unspecified atom stereocenters. The third-order valence-electron chi connectivity index (χ3n) is 4.86. The van der Waals surface area contributed by atoms with Crippen molar-refractivity contribution in [1.29, 1.82) is 5.26 Å². The van der Waals surface area contributed by atoms with Crippen LogP contribution in [0.1, 0.15) is 36.6 Å². The first-order chi connectivity index (χ1) is 11.2. The Morgan fingerprint density at radius 2 is 2.17 bits per heavy atom. The summed E-state index contributed by atoms with van der Waals surface area (Å²) in [6.45, 7) is 3.23. The summed E-state index contributed by atoms with van der Waals surface area (Å²) in [4.78, 5) is 11.9. The number of anilines is 1.